The highest BCUT2D eigenvalue weighted by molar-refractivity contribution is 6.35. The second-order valence-corrected chi connectivity index (χ2v) is 4.74. The molecule has 1 aliphatic heterocycles. The summed E-state index contributed by atoms with van der Waals surface area (Å²) in [4.78, 5) is 38.0. The van der Waals surface area contributed by atoms with Crippen LogP contribution in [-0.2, 0) is 9.59 Å². The molecule has 1 heterocycles. The van der Waals surface area contributed by atoms with E-state index in [2.05, 4.69) is 0 Å². The summed E-state index contributed by atoms with van der Waals surface area (Å²) in [5.74, 6) is -1.30. The number of amides is 2. The van der Waals surface area contributed by atoms with Gasteiger partial charge in [-0.15, -0.1) is 0 Å². The van der Waals surface area contributed by atoms with Gasteiger partial charge in [-0.05, 0) is 6.92 Å². The lowest BCUT2D eigenvalue weighted by Crippen LogP contribution is -2.53. The molecule has 0 bridgehead atoms. The van der Waals surface area contributed by atoms with Gasteiger partial charge in [-0.25, -0.2) is 0 Å². The van der Waals surface area contributed by atoms with Crippen molar-refractivity contribution < 1.29 is 14.4 Å². The van der Waals surface area contributed by atoms with Crippen molar-refractivity contribution >= 4 is 17.6 Å². The van der Waals surface area contributed by atoms with E-state index in [0.717, 1.165) is 5.56 Å². The van der Waals surface area contributed by atoms with Crippen LogP contribution in [0.3, 0.4) is 0 Å². The Hall–Kier alpha value is -2.17. The Morgan fingerprint density at radius 2 is 1.74 bits per heavy atom. The minimum atomic E-state index is -0.603. The second-order valence-electron chi connectivity index (χ2n) is 4.74. The van der Waals surface area contributed by atoms with Gasteiger partial charge in [0.05, 0.1) is 6.54 Å². The second kappa shape index (κ2) is 5.22. The molecular formula is C14H16N2O3. The first kappa shape index (κ1) is 13.3. The molecule has 2 amide bonds. The highest BCUT2D eigenvalue weighted by Gasteiger charge is 2.31. The van der Waals surface area contributed by atoms with Gasteiger partial charge in [0.15, 0.2) is 5.78 Å². The van der Waals surface area contributed by atoms with Crippen molar-refractivity contribution in [1.29, 1.82) is 0 Å². The zero-order valence-corrected chi connectivity index (χ0v) is 11.0. The number of Topliss-reactive ketones (excluding diaryl/α,β-unsaturated/α-hetero) is 1. The molecule has 0 saturated carbocycles. The van der Waals surface area contributed by atoms with Gasteiger partial charge in [-0.2, -0.15) is 0 Å². The van der Waals surface area contributed by atoms with Crippen molar-refractivity contribution in [3.63, 3.8) is 0 Å². The summed E-state index contributed by atoms with van der Waals surface area (Å²) in [7, 11) is 1.58. The Bertz CT molecular complexity index is 522. The van der Waals surface area contributed by atoms with E-state index in [9.17, 15) is 14.4 Å². The monoisotopic (exact) mass is 260 g/mol. The number of piperazine rings is 1. The first-order chi connectivity index (χ1) is 8.99. The van der Waals surface area contributed by atoms with Gasteiger partial charge in [0.2, 0.25) is 0 Å². The molecule has 0 unspecified atom stereocenters. The summed E-state index contributed by atoms with van der Waals surface area (Å²) in [6, 6.07) is 7.18. The molecule has 0 spiro atoms. The highest BCUT2D eigenvalue weighted by Crippen LogP contribution is 2.08. The Morgan fingerprint density at radius 3 is 2.37 bits per heavy atom. The summed E-state index contributed by atoms with van der Waals surface area (Å²) in [6.45, 7) is 2.77. The number of hydrogen-bond acceptors (Lipinski definition) is 3. The molecule has 100 valence electrons. The lowest BCUT2D eigenvalue weighted by Gasteiger charge is -2.30. The molecule has 0 aromatic heterocycles. The van der Waals surface area contributed by atoms with E-state index in [1.165, 1.54) is 9.80 Å². The van der Waals surface area contributed by atoms with Crippen molar-refractivity contribution in [1.82, 2.24) is 9.80 Å². The number of aryl methyl sites for hydroxylation is 1. The zero-order valence-electron chi connectivity index (χ0n) is 11.0. The lowest BCUT2D eigenvalue weighted by molar-refractivity contribution is -0.154. The van der Waals surface area contributed by atoms with Crippen molar-refractivity contribution in [2.45, 2.75) is 6.92 Å². The molecule has 2 rings (SSSR count). The van der Waals surface area contributed by atoms with E-state index in [4.69, 9.17) is 0 Å². The molecule has 1 fully saturated rings. The average Bonchev–Trinajstić information content (AvgIpc) is 2.40. The average molecular weight is 260 g/mol. The molecule has 5 nitrogen and oxygen atoms in total. The number of rotatable bonds is 3. The van der Waals surface area contributed by atoms with E-state index in [1.807, 2.05) is 19.1 Å². The molecule has 1 aromatic rings. The van der Waals surface area contributed by atoms with E-state index >= 15 is 0 Å². The van der Waals surface area contributed by atoms with Gasteiger partial charge in [-0.3, -0.25) is 14.4 Å². The summed E-state index contributed by atoms with van der Waals surface area (Å²) < 4.78 is 0. The van der Waals surface area contributed by atoms with Crippen LogP contribution in [0.25, 0.3) is 0 Å². The van der Waals surface area contributed by atoms with Crippen molar-refractivity contribution in [2.24, 2.45) is 0 Å². The first-order valence-corrected chi connectivity index (χ1v) is 6.13. The van der Waals surface area contributed by atoms with E-state index < -0.39 is 11.8 Å². The molecule has 0 atom stereocenters. The van der Waals surface area contributed by atoms with Gasteiger partial charge in [0.1, 0.15) is 0 Å². The van der Waals surface area contributed by atoms with Crippen LogP contribution in [0.2, 0.25) is 0 Å². The predicted molar refractivity (Wildman–Crippen MR) is 69.7 cm³/mol. The standard InChI is InChI=1S/C14H16N2O3/c1-10-3-5-11(6-4-10)12(17)9-16-8-7-15(2)13(18)14(16)19/h3-6H,7-9H2,1-2H3. The van der Waals surface area contributed by atoms with Crippen LogP contribution in [0.5, 0.6) is 0 Å². The smallest absolute Gasteiger partial charge is 0.312 e. The minimum Gasteiger partial charge on any atom is -0.336 e. The van der Waals surface area contributed by atoms with Gasteiger partial charge >= 0.3 is 11.8 Å². The number of carbonyl (C=O) groups excluding carboxylic acids is 3. The number of ketones is 1. The van der Waals surface area contributed by atoms with Crippen molar-refractivity contribution in [3.05, 3.63) is 35.4 Å². The van der Waals surface area contributed by atoms with Crippen molar-refractivity contribution in [3.8, 4) is 0 Å². The van der Waals surface area contributed by atoms with Gasteiger partial charge in [0.25, 0.3) is 0 Å². The zero-order chi connectivity index (χ0) is 14.0. The highest BCUT2D eigenvalue weighted by atomic mass is 16.2. The Labute approximate surface area is 111 Å². The Balaban J connectivity index is 2.05. The molecular weight excluding hydrogens is 244 g/mol. The van der Waals surface area contributed by atoms with Crippen LogP contribution in [0.1, 0.15) is 15.9 Å². The topological polar surface area (TPSA) is 57.7 Å². The summed E-state index contributed by atoms with van der Waals surface area (Å²) in [6.07, 6.45) is 0. The summed E-state index contributed by atoms with van der Waals surface area (Å²) >= 11 is 0. The quantitative estimate of drug-likeness (QED) is 0.586. The largest absolute Gasteiger partial charge is 0.336 e. The maximum absolute atomic E-state index is 12.0. The van der Waals surface area contributed by atoms with Gasteiger partial charge in [0, 0.05) is 25.7 Å². The van der Waals surface area contributed by atoms with Gasteiger partial charge < -0.3 is 9.80 Å². The predicted octanol–water partition coefficient (Wildman–Crippen LogP) is 0.478. The third kappa shape index (κ3) is 2.81. The summed E-state index contributed by atoms with van der Waals surface area (Å²) in [5, 5.41) is 0. The lowest BCUT2D eigenvalue weighted by atomic mass is 10.1. The normalized spacial score (nSPS) is 15.9. The third-order valence-electron chi connectivity index (χ3n) is 3.23. The fraction of sp³-hybridized carbons (Fsp3) is 0.357. The van der Waals surface area contributed by atoms with Crippen LogP contribution < -0.4 is 0 Å². The van der Waals surface area contributed by atoms with E-state index in [1.54, 1.807) is 19.2 Å². The fourth-order valence-electron chi connectivity index (χ4n) is 1.93. The maximum atomic E-state index is 12.0. The fourth-order valence-corrected chi connectivity index (χ4v) is 1.93. The number of nitrogens with zero attached hydrogens (tertiary/aromatic N) is 2. The minimum absolute atomic E-state index is 0.0402. The number of hydrogen-bond donors (Lipinski definition) is 0. The molecule has 1 aliphatic rings. The van der Waals surface area contributed by atoms with Crippen LogP contribution in [-0.4, -0.2) is 54.1 Å². The number of carbonyl (C=O) groups is 3. The molecule has 1 saturated heterocycles. The Morgan fingerprint density at radius 1 is 1.11 bits per heavy atom. The number of likely N-dealkylation sites (N-methyl/N-ethyl adjacent to an activating group) is 1. The van der Waals surface area contributed by atoms with Crippen LogP contribution >= 0.6 is 0 Å². The van der Waals surface area contributed by atoms with Crippen LogP contribution in [0.4, 0.5) is 0 Å². The Kier molecular flexibility index (Phi) is 3.64. The van der Waals surface area contributed by atoms with E-state index in [-0.39, 0.29) is 12.3 Å². The maximum Gasteiger partial charge on any atom is 0.312 e. The number of benzene rings is 1. The molecule has 5 heteroatoms. The van der Waals surface area contributed by atoms with Crippen LogP contribution in [0.15, 0.2) is 24.3 Å². The molecule has 0 N–H and O–H groups in total. The first-order valence-electron chi connectivity index (χ1n) is 6.13. The summed E-state index contributed by atoms with van der Waals surface area (Å²) in [5.41, 5.74) is 1.63. The third-order valence-corrected chi connectivity index (χ3v) is 3.23. The molecule has 0 aliphatic carbocycles. The molecule has 19 heavy (non-hydrogen) atoms. The van der Waals surface area contributed by atoms with Crippen LogP contribution in [0, 0.1) is 6.92 Å². The van der Waals surface area contributed by atoms with E-state index in [0.29, 0.717) is 18.7 Å². The molecule has 0 radical (unpaired) electrons. The molecule has 1 aromatic carbocycles. The van der Waals surface area contributed by atoms with Crippen molar-refractivity contribution in [2.75, 3.05) is 26.7 Å². The SMILES string of the molecule is Cc1ccc(C(=O)CN2CCN(C)C(=O)C2=O)cc1. The van der Waals surface area contributed by atoms with Gasteiger partial charge in [-0.1, -0.05) is 29.8 Å².